The SMILES string of the molecule is Cc1nc(C(=O)Nc2ccc(Cl)c(CN(C)CCO)c2)c(C)o1. The number of rotatable bonds is 6. The summed E-state index contributed by atoms with van der Waals surface area (Å²) < 4.78 is 5.27. The number of carbonyl (C=O) groups is 1. The molecule has 0 saturated heterocycles. The van der Waals surface area contributed by atoms with E-state index in [0.29, 0.717) is 35.5 Å². The van der Waals surface area contributed by atoms with Gasteiger partial charge in [-0.1, -0.05) is 11.6 Å². The third kappa shape index (κ3) is 4.54. The summed E-state index contributed by atoms with van der Waals surface area (Å²) in [5.74, 6) is 0.614. The molecule has 0 fully saturated rings. The van der Waals surface area contributed by atoms with E-state index >= 15 is 0 Å². The van der Waals surface area contributed by atoms with Gasteiger partial charge in [0.15, 0.2) is 11.6 Å². The predicted molar refractivity (Wildman–Crippen MR) is 88.8 cm³/mol. The number of nitrogens with zero attached hydrogens (tertiary/aromatic N) is 2. The lowest BCUT2D eigenvalue weighted by Crippen LogP contribution is -2.22. The first kappa shape index (κ1) is 17.5. The van der Waals surface area contributed by atoms with Crippen molar-refractivity contribution in [1.82, 2.24) is 9.88 Å². The minimum atomic E-state index is -0.323. The highest BCUT2D eigenvalue weighted by Crippen LogP contribution is 2.22. The molecule has 2 rings (SSSR count). The van der Waals surface area contributed by atoms with Gasteiger partial charge in [-0.2, -0.15) is 0 Å². The molecule has 7 heteroatoms. The van der Waals surface area contributed by atoms with Crippen molar-refractivity contribution in [3.63, 3.8) is 0 Å². The fourth-order valence-corrected chi connectivity index (χ4v) is 2.42. The maximum Gasteiger partial charge on any atom is 0.277 e. The van der Waals surface area contributed by atoms with Crippen LogP contribution in [0.3, 0.4) is 0 Å². The number of aryl methyl sites for hydroxylation is 2. The monoisotopic (exact) mass is 337 g/mol. The molecule has 1 aromatic heterocycles. The lowest BCUT2D eigenvalue weighted by molar-refractivity contribution is 0.102. The van der Waals surface area contributed by atoms with E-state index in [1.807, 2.05) is 18.0 Å². The molecule has 0 aliphatic rings. The molecule has 6 nitrogen and oxygen atoms in total. The van der Waals surface area contributed by atoms with E-state index in [1.54, 1.807) is 26.0 Å². The zero-order chi connectivity index (χ0) is 17.0. The number of aliphatic hydroxyl groups excluding tert-OH is 1. The van der Waals surface area contributed by atoms with Gasteiger partial charge in [-0.15, -0.1) is 0 Å². The van der Waals surface area contributed by atoms with Crippen molar-refractivity contribution in [1.29, 1.82) is 0 Å². The molecule has 0 spiro atoms. The Morgan fingerprint density at radius 2 is 2.17 bits per heavy atom. The van der Waals surface area contributed by atoms with Crippen molar-refractivity contribution < 1.29 is 14.3 Å². The quantitative estimate of drug-likeness (QED) is 0.847. The molecule has 1 aromatic carbocycles. The number of likely N-dealkylation sites (N-methyl/N-ethyl adjacent to an activating group) is 1. The second-order valence-corrected chi connectivity index (χ2v) is 5.77. The van der Waals surface area contributed by atoms with E-state index in [2.05, 4.69) is 10.3 Å². The molecule has 0 aliphatic carbocycles. The van der Waals surface area contributed by atoms with Crippen molar-refractivity contribution >= 4 is 23.2 Å². The van der Waals surface area contributed by atoms with Crippen molar-refractivity contribution in [3.8, 4) is 0 Å². The molecule has 0 unspecified atom stereocenters. The molecule has 2 aromatic rings. The van der Waals surface area contributed by atoms with Crippen LogP contribution in [0.25, 0.3) is 0 Å². The molecule has 0 atom stereocenters. The van der Waals surface area contributed by atoms with E-state index < -0.39 is 0 Å². The lowest BCUT2D eigenvalue weighted by atomic mass is 10.2. The number of hydrogen-bond donors (Lipinski definition) is 2. The van der Waals surface area contributed by atoms with Crippen LogP contribution in [0.4, 0.5) is 5.69 Å². The van der Waals surface area contributed by atoms with E-state index in [4.69, 9.17) is 21.1 Å². The average molecular weight is 338 g/mol. The zero-order valence-corrected chi connectivity index (χ0v) is 14.1. The summed E-state index contributed by atoms with van der Waals surface area (Å²) in [5, 5.41) is 12.4. The van der Waals surface area contributed by atoms with Gasteiger partial charge in [-0.05, 0) is 37.7 Å². The van der Waals surface area contributed by atoms with Gasteiger partial charge in [0.2, 0.25) is 0 Å². The van der Waals surface area contributed by atoms with Crippen LogP contribution in [-0.2, 0) is 6.54 Å². The maximum absolute atomic E-state index is 12.3. The van der Waals surface area contributed by atoms with Crippen LogP contribution in [0.5, 0.6) is 0 Å². The van der Waals surface area contributed by atoms with Crippen LogP contribution in [0.2, 0.25) is 5.02 Å². The number of benzene rings is 1. The van der Waals surface area contributed by atoms with Gasteiger partial charge in [0.25, 0.3) is 5.91 Å². The Balaban J connectivity index is 2.14. The Morgan fingerprint density at radius 3 is 2.78 bits per heavy atom. The summed E-state index contributed by atoms with van der Waals surface area (Å²) >= 11 is 6.19. The third-order valence-corrected chi connectivity index (χ3v) is 3.71. The number of aromatic nitrogens is 1. The molecule has 2 N–H and O–H groups in total. The van der Waals surface area contributed by atoms with Crippen molar-refractivity contribution in [3.05, 3.63) is 46.1 Å². The van der Waals surface area contributed by atoms with Crippen LogP contribution < -0.4 is 5.32 Å². The first-order chi connectivity index (χ1) is 10.9. The maximum atomic E-state index is 12.3. The van der Waals surface area contributed by atoms with Crippen LogP contribution in [-0.4, -0.2) is 41.1 Å². The van der Waals surface area contributed by atoms with Crippen molar-refractivity contribution in [2.45, 2.75) is 20.4 Å². The third-order valence-electron chi connectivity index (χ3n) is 3.34. The molecule has 1 heterocycles. The van der Waals surface area contributed by atoms with Gasteiger partial charge in [-0.25, -0.2) is 4.98 Å². The Bertz CT molecular complexity index is 700. The number of halogens is 1. The highest BCUT2D eigenvalue weighted by atomic mass is 35.5. The minimum absolute atomic E-state index is 0.0787. The standard InChI is InChI=1S/C16H20ClN3O3/c1-10-15(18-11(2)23-10)16(22)19-13-4-5-14(17)12(8-13)9-20(3)6-7-21/h4-5,8,21H,6-7,9H2,1-3H3,(H,19,22). The number of nitrogens with one attached hydrogen (secondary N) is 1. The number of oxazole rings is 1. The summed E-state index contributed by atoms with van der Waals surface area (Å²) in [4.78, 5) is 18.3. The van der Waals surface area contributed by atoms with Crippen molar-refractivity contribution in [2.75, 3.05) is 25.5 Å². The fourth-order valence-electron chi connectivity index (χ4n) is 2.24. The van der Waals surface area contributed by atoms with Gasteiger partial charge < -0.3 is 14.8 Å². The molecule has 124 valence electrons. The van der Waals surface area contributed by atoms with Crippen LogP contribution >= 0.6 is 11.6 Å². The van der Waals surface area contributed by atoms with E-state index in [1.165, 1.54) is 0 Å². The Labute approximate surface area is 140 Å². The number of aliphatic hydroxyl groups is 1. The second-order valence-electron chi connectivity index (χ2n) is 5.36. The van der Waals surface area contributed by atoms with E-state index in [9.17, 15) is 4.79 Å². The van der Waals surface area contributed by atoms with Gasteiger partial charge in [0.05, 0.1) is 6.61 Å². The second kappa shape index (κ2) is 7.59. The molecule has 0 saturated carbocycles. The Hall–Kier alpha value is -1.89. The first-order valence-electron chi connectivity index (χ1n) is 7.24. The molecule has 0 bridgehead atoms. The number of anilines is 1. The van der Waals surface area contributed by atoms with Gasteiger partial charge in [0, 0.05) is 30.7 Å². The summed E-state index contributed by atoms with van der Waals surface area (Å²) in [7, 11) is 1.89. The van der Waals surface area contributed by atoms with E-state index in [0.717, 1.165) is 5.56 Å². The smallest absolute Gasteiger partial charge is 0.277 e. The van der Waals surface area contributed by atoms with Crippen LogP contribution in [0, 0.1) is 13.8 Å². The summed E-state index contributed by atoms with van der Waals surface area (Å²) in [6, 6.07) is 5.29. The van der Waals surface area contributed by atoms with Gasteiger partial charge in [-0.3, -0.25) is 9.69 Å². The fraction of sp³-hybridized carbons (Fsp3) is 0.375. The average Bonchev–Trinajstić information content (AvgIpc) is 2.81. The topological polar surface area (TPSA) is 78.6 Å². The molecular weight excluding hydrogens is 318 g/mol. The highest BCUT2D eigenvalue weighted by Gasteiger charge is 2.16. The number of carbonyl (C=O) groups excluding carboxylic acids is 1. The van der Waals surface area contributed by atoms with Gasteiger partial charge in [0.1, 0.15) is 5.76 Å². The van der Waals surface area contributed by atoms with Gasteiger partial charge >= 0.3 is 0 Å². The lowest BCUT2D eigenvalue weighted by Gasteiger charge is -2.17. The van der Waals surface area contributed by atoms with Crippen LogP contribution in [0.15, 0.2) is 22.6 Å². The summed E-state index contributed by atoms with van der Waals surface area (Å²) in [6.07, 6.45) is 0. The molecule has 0 radical (unpaired) electrons. The first-order valence-corrected chi connectivity index (χ1v) is 7.61. The molecule has 23 heavy (non-hydrogen) atoms. The molecular formula is C16H20ClN3O3. The van der Waals surface area contributed by atoms with Crippen molar-refractivity contribution in [2.24, 2.45) is 0 Å². The minimum Gasteiger partial charge on any atom is -0.445 e. The zero-order valence-electron chi connectivity index (χ0n) is 13.4. The molecule has 1 amide bonds. The Morgan fingerprint density at radius 1 is 1.43 bits per heavy atom. The van der Waals surface area contributed by atoms with Crippen LogP contribution in [0.1, 0.15) is 27.7 Å². The largest absolute Gasteiger partial charge is 0.445 e. The summed E-state index contributed by atoms with van der Waals surface area (Å²) in [6.45, 7) is 4.60. The van der Waals surface area contributed by atoms with E-state index in [-0.39, 0.29) is 18.2 Å². The normalized spacial score (nSPS) is 11.0. The Kier molecular flexibility index (Phi) is 5.76. The number of amides is 1. The predicted octanol–water partition coefficient (Wildman–Crippen LogP) is 2.62. The number of hydrogen-bond acceptors (Lipinski definition) is 5. The molecule has 0 aliphatic heterocycles. The highest BCUT2D eigenvalue weighted by molar-refractivity contribution is 6.31. The summed E-state index contributed by atoms with van der Waals surface area (Å²) in [5.41, 5.74) is 1.77.